The van der Waals surface area contributed by atoms with E-state index >= 15 is 0 Å². The third kappa shape index (κ3) is 1.87. The first-order valence-electron chi connectivity index (χ1n) is 3.94. The van der Waals surface area contributed by atoms with Gasteiger partial charge in [-0.15, -0.1) is 0 Å². The number of hydrogen-bond acceptors (Lipinski definition) is 3. The van der Waals surface area contributed by atoms with Crippen molar-refractivity contribution >= 4 is 11.3 Å². The largest absolute Gasteiger partial charge is 0.469 e. The number of furan rings is 1. The van der Waals surface area contributed by atoms with Crippen LogP contribution < -0.4 is 5.43 Å². The summed E-state index contributed by atoms with van der Waals surface area (Å²) in [6, 6.07) is 5.28. The quantitative estimate of drug-likeness (QED) is 0.730. The molecule has 0 radical (unpaired) electrons. The van der Waals surface area contributed by atoms with Gasteiger partial charge in [-0.25, -0.2) is 0 Å². The lowest BCUT2D eigenvalue weighted by molar-refractivity contribution is 0.520. The summed E-state index contributed by atoms with van der Waals surface area (Å²) in [5.74, 6) is 0.829. The summed E-state index contributed by atoms with van der Waals surface area (Å²) in [5, 5.41) is 3.65. The molecule has 0 spiro atoms. The monoisotopic (exact) mass is 192 g/mol. The minimum absolute atomic E-state index is 0.0788. The predicted molar refractivity (Wildman–Crippen MR) is 52.1 cm³/mol. The summed E-state index contributed by atoms with van der Waals surface area (Å²) in [6.45, 7) is 0. The molecule has 0 saturated carbocycles. The molecule has 0 saturated heterocycles. The molecule has 13 heavy (non-hydrogen) atoms. The molecule has 2 heterocycles. The van der Waals surface area contributed by atoms with Crippen molar-refractivity contribution in [3.63, 3.8) is 0 Å². The topological polar surface area (TPSA) is 30.2 Å². The van der Waals surface area contributed by atoms with Crippen LogP contribution in [0.25, 0.3) is 0 Å². The van der Waals surface area contributed by atoms with E-state index in [-0.39, 0.29) is 5.43 Å². The molecule has 0 atom stereocenters. The van der Waals surface area contributed by atoms with Crippen LogP contribution >= 0.6 is 11.3 Å². The third-order valence-corrected chi connectivity index (χ3v) is 2.48. The summed E-state index contributed by atoms with van der Waals surface area (Å²) >= 11 is 1.52. The Morgan fingerprint density at radius 3 is 3.00 bits per heavy atom. The smallest absolute Gasteiger partial charge is 0.183 e. The average molecular weight is 192 g/mol. The molecule has 0 N–H and O–H groups in total. The van der Waals surface area contributed by atoms with Crippen molar-refractivity contribution in [3.05, 3.63) is 56.8 Å². The van der Waals surface area contributed by atoms with Gasteiger partial charge in [0.2, 0.25) is 0 Å². The maximum Gasteiger partial charge on any atom is 0.183 e. The molecule has 0 fully saturated rings. The van der Waals surface area contributed by atoms with Crippen molar-refractivity contribution in [2.24, 2.45) is 0 Å². The summed E-state index contributed by atoms with van der Waals surface area (Å²) < 4.78 is 5.16. The van der Waals surface area contributed by atoms with E-state index in [1.54, 1.807) is 17.7 Å². The van der Waals surface area contributed by atoms with Crippen molar-refractivity contribution in [2.75, 3.05) is 0 Å². The fourth-order valence-corrected chi connectivity index (χ4v) is 1.76. The SMILES string of the molecule is O=c1ccscc1Cc1ccco1. The summed E-state index contributed by atoms with van der Waals surface area (Å²) in [5.41, 5.74) is 0.873. The molecule has 66 valence electrons. The lowest BCUT2D eigenvalue weighted by Gasteiger charge is -1.94. The van der Waals surface area contributed by atoms with Crippen molar-refractivity contribution in [2.45, 2.75) is 6.42 Å². The lowest BCUT2D eigenvalue weighted by Crippen LogP contribution is -2.05. The number of rotatable bonds is 2. The van der Waals surface area contributed by atoms with Gasteiger partial charge < -0.3 is 4.42 Å². The van der Waals surface area contributed by atoms with E-state index < -0.39 is 0 Å². The van der Waals surface area contributed by atoms with Gasteiger partial charge in [-0.05, 0) is 29.0 Å². The first kappa shape index (κ1) is 8.26. The normalized spacial score (nSPS) is 10.2. The van der Waals surface area contributed by atoms with E-state index in [1.165, 1.54) is 11.3 Å². The maximum absolute atomic E-state index is 11.3. The van der Waals surface area contributed by atoms with Crippen LogP contribution in [0, 0.1) is 0 Å². The van der Waals surface area contributed by atoms with Crippen LogP contribution in [0.4, 0.5) is 0 Å². The second kappa shape index (κ2) is 3.58. The highest BCUT2D eigenvalue weighted by Gasteiger charge is 2.01. The Morgan fingerprint density at radius 1 is 1.38 bits per heavy atom. The Labute approximate surface area is 79.5 Å². The molecule has 0 unspecified atom stereocenters. The maximum atomic E-state index is 11.3. The number of hydrogen-bond donors (Lipinski definition) is 0. The van der Waals surface area contributed by atoms with E-state index in [1.807, 2.05) is 17.5 Å². The van der Waals surface area contributed by atoms with Gasteiger partial charge in [0, 0.05) is 12.0 Å². The Hall–Kier alpha value is -1.35. The first-order chi connectivity index (χ1) is 6.36. The van der Waals surface area contributed by atoms with Gasteiger partial charge in [0.25, 0.3) is 0 Å². The summed E-state index contributed by atoms with van der Waals surface area (Å²) in [4.78, 5) is 11.3. The van der Waals surface area contributed by atoms with Gasteiger partial charge in [-0.3, -0.25) is 4.79 Å². The second-order valence-corrected chi connectivity index (χ2v) is 3.48. The van der Waals surface area contributed by atoms with Crippen LogP contribution in [0.2, 0.25) is 0 Å². The van der Waals surface area contributed by atoms with Crippen molar-refractivity contribution in [1.82, 2.24) is 0 Å². The average Bonchev–Trinajstić information content (AvgIpc) is 2.61. The van der Waals surface area contributed by atoms with Crippen molar-refractivity contribution < 1.29 is 4.42 Å². The summed E-state index contributed by atoms with van der Waals surface area (Å²) in [6.07, 6.45) is 2.20. The van der Waals surface area contributed by atoms with Crippen molar-refractivity contribution in [1.29, 1.82) is 0 Å². The Bertz CT molecular complexity index is 428. The fourth-order valence-electron chi connectivity index (χ4n) is 1.12. The Morgan fingerprint density at radius 2 is 2.31 bits per heavy atom. The van der Waals surface area contributed by atoms with Gasteiger partial charge in [0.05, 0.1) is 6.26 Å². The molecule has 2 aromatic rings. The zero-order valence-electron chi connectivity index (χ0n) is 6.90. The molecule has 0 bridgehead atoms. The highest BCUT2D eigenvalue weighted by molar-refractivity contribution is 7.07. The summed E-state index contributed by atoms with van der Waals surface area (Å²) in [7, 11) is 0. The van der Waals surface area contributed by atoms with Crippen LogP contribution in [0.5, 0.6) is 0 Å². The third-order valence-electron chi connectivity index (χ3n) is 1.77. The van der Waals surface area contributed by atoms with E-state index in [0.29, 0.717) is 6.42 Å². The van der Waals surface area contributed by atoms with Gasteiger partial charge in [0.1, 0.15) is 5.76 Å². The van der Waals surface area contributed by atoms with Crippen LogP contribution in [-0.4, -0.2) is 0 Å². The zero-order valence-corrected chi connectivity index (χ0v) is 7.71. The zero-order chi connectivity index (χ0) is 9.10. The van der Waals surface area contributed by atoms with E-state index in [9.17, 15) is 4.79 Å². The molecule has 2 nitrogen and oxygen atoms in total. The molecule has 0 aliphatic carbocycles. The standard InChI is InChI=1S/C10H8O2S/c11-10-3-5-13-7-8(10)6-9-2-1-4-12-9/h1-5,7H,6H2. The highest BCUT2D eigenvalue weighted by atomic mass is 32.1. The Kier molecular flexibility index (Phi) is 2.27. The fraction of sp³-hybridized carbons (Fsp3) is 0.100. The molecule has 2 rings (SSSR count). The van der Waals surface area contributed by atoms with Crippen molar-refractivity contribution in [3.8, 4) is 0 Å². The van der Waals surface area contributed by atoms with Crippen LogP contribution in [0.15, 0.2) is 44.4 Å². The molecule has 0 aliphatic rings. The van der Waals surface area contributed by atoms with Gasteiger partial charge in [0.15, 0.2) is 5.43 Å². The van der Waals surface area contributed by atoms with E-state index in [4.69, 9.17) is 4.42 Å². The first-order valence-corrected chi connectivity index (χ1v) is 4.88. The molecule has 2 aromatic heterocycles. The molecule has 3 heteroatoms. The molecule has 0 aromatic carbocycles. The van der Waals surface area contributed by atoms with Gasteiger partial charge in [-0.2, -0.15) is 11.3 Å². The van der Waals surface area contributed by atoms with E-state index in [2.05, 4.69) is 0 Å². The molecular weight excluding hydrogens is 184 g/mol. The Balaban J connectivity index is 2.29. The molecular formula is C10H8O2S. The van der Waals surface area contributed by atoms with E-state index in [0.717, 1.165) is 11.3 Å². The van der Waals surface area contributed by atoms with Crippen LogP contribution in [0.1, 0.15) is 11.3 Å². The predicted octanol–water partition coefficient (Wildman–Crippen LogP) is 2.29. The minimum Gasteiger partial charge on any atom is -0.469 e. The molecule has 0 amide bonds. The highest BCUT2D eigenvalue weighted by Crippen LogP contribution is 2.07. The lowest BCUT2D eigenvalue weighted by atomic mass is 10.2. The second-order valence-electron chi connectivity index (χ2n) is 2.70. The van der Waals surface area contributed by atoms with Crippen LogP contribution in [-0.2, 0) is 6.42 Å². The molecule has 0 aliphatic heterocycles. The van der Waals surface area contributed by atoms with Gasteiger partial charge in [-0.1, -0.05) is 0 Å². The van der Waals surface area contributed by atoms with Gasteiger partial charge >= 0.3 is 0 Å². The van der Waals surface area contributed by atoms with Crippen LogP contribution in [0.3, 0.4) is 0 Å². The minimum atomic E-state index is 0.0788.